The molecule has 0 amide bonds. The summed E-state index contributed by atoms with van der Waals surface area (Å²) in [6.45, 7) is 15.6. The first kappa shape index (κ1) is 144. The summed E-state index contributed by atoms with van der Waals surface area (Å²) in [5.41, 5.74) is 0. The van der Waals surface area contributed by atoms with Gasteiger partial charge in [-0.25, -0.2) is 0 Å². The first-order valence-corrected chi connectivity index (χ1v) is 61.6. The third-order valence-electron chi connectivity index (χ3n) is 27.0. The van der Waals surface area contributed by atoms with Gasteiger partial charge in [-0.2, -0.15) is 0 Å². The first-order valence-electron chi connectivity index (χ1n) is 61.6. The molecule has 14 heteroatoms. The number of hydrogen-bond donors (Lipinski definition) is 4. The van der Waals surface area contributed by atoms with Crippen LogP contribution in [0.5, 0.6) is 0 Å². The summed E-state index contributed by atoms with van der Waals surface area (Å²) in [6.07, 6.45) is 139. The lowest BCUT2D eigenvalue weighted by molar-refractivity contribution is -0.167. The van der Waals surface area contributed by atoms with E-state index in [0.717, 1.165) is 161 Å². The average Bonchev–Trinajstić information content (AvgIpc) is 0.939. The first-order chi connectivity index (χ1) is 68.6. The molecule has 0 spiro atoms. The minimum absolute atomic E-state index is 0.0795. The highest BCUT2D eigenvalue weighted by atomic mass is 16.6. The van der Waals surface area contributed by atoms with Gasteiger partial charge < -0.3 is 34.6 Å². The van der Waals surface area contributed by atoms with Crippen LogP contribution in [0.2, 0.25) is 0 Å². The van der Waals surface area contributed by atoms with Crippen LogP contribution in [-0.2, 0) is 47.8 Å². The number of carboxylic acids is 4. The van der Waals surface area contributed by atoms with E-state index in [1.165, 1.54) is 443 Å². The Bertz CT molecular complexity index is 2450. The normalized spacial score (nSPS) is 11.5. The van der Waals surface area contributed by atoms with E-state index in [0.29, 0.717) is 44.9 Å². The third-order valence-corrected chi connectivity index (χ3v) is 27.0. The Labute approximate surface area is 869 Å². The summed E-state index contributed by atoms with van der Waals surface area (Å²) in [7, 11) is 0. The minimum Gasteiger partial charge on any atom is -0.481 e. The van der Waals surface area contributed by atoms with Crippen LogP contribution in [0.25, 0.3) is 0 Å². The SMILES string of the molecule is CC/C=C\C/C=C\C/C=C\CCCCCCCC(=O)OCC(COC(=O)CCCCCCCCCCCCCCCC)OC(=O)CCCCCCC/C=C\CCCCCCCC.CCCCCCCCCCCCCCCC(=O)O.CCCCCCCCCCCCCCCCCC(=O)O.CCCCCCCCCCCCCCCCCC(=O)O.CCCCCCCCCCCCCCCCCC(=O)O. The molecule has 0 bridgehead atoms. The molecule has 0 aliphatic heterocycles. The monoisotopic (exact) mass is 1980 g/mol. The van der Waals surface area contributed by atoms with Gasteiger partial charge in [0.1, 0.15) is 13.2 Å². The molecular weight excluding hydrogens is 1740 g/mol. The fourth-order valence-electron chi connectivity index (χ4n) is 17.8. The van der Waals surface area contributed by atoms with Crippen LogP contribution in [0.15, 0.2) is 48.6 Å². The van der Waals surface area contributed by atoms with Crippen LogP contribution in [0.3, 0.4) is 0 Å². The number of ether oxygens (including phenoxy) is 3. The van der Waals surface area contributed by atoms with Gasteiger partial charge in [0.05, 0.1) is 0 Å². The molecule has 1 unspecified atom stereocenters. The number of unbranched alkanes of at least 4 members (excludes halogenated alkanes) is 83. The molecule has 0 aliphatic carbocycles. The van der Waals surface area contributed by atoms with Crippen molar-refractivity contribution in [2.24, 2.45) is 0 Å². The molecule has 0 aliphatic rings. The summed E-state index contributed by atoms with van der Waals surface area (Å²) in [5.74, 6) is -3.51. The number of esters is 3. The molecule has 0 aromatic rings. The van der Waals surface area contributed by atoms with Gasteiger partial charge in [-0.15, -0.1) is 0 Å². The van der Waals surface area contributed by atoms with Crippen LogP contribution in [-0.4, -0.2) is 81.5 Å². The van der Waals surface area contributed by atoms with Crippen molar-refractivity contribution in [3.8, 4) is 0 Å². The predicted octanol–water partition coefficient (Wildman–Crippen LogP) is 42.0. The number of hydrogen-bond acceptors (Lipinski definition) is 10. The number of rotatable bonds is 110. The highest BCUT2D eigenvalue weighted by Gasteiger charge is 2.20. The lowest BCUT2D eigenvalue weighted by Crippen LogP contribution is -2.30. The molecule has 14 nitrogen and oxygen atoms in total. The van der Waals surface area contributed by atoms with E-state index in [4.69, 9.17) is 34.6 Å². The van der Waals surface area contributed by atoms with Crippen molar-refractivity contribution in [1.82, 2.24) is 0 Å². The van der Waals surface area contributed by atoms with E-state index >= 15 is 0 Å². The third kappa shape index (κ3) is 149. The van der Waals surface area contributed by atoms with Crippen molar-refractivity contribution in [2.45, 2.75) is 703 Å². The van der Waals surface area contributed by atoms with Crippen molar-refractivity contribution >= 4 is 41.8 Å². The van der Waals surface area contributed by atoms with Gasteiger partial charge in [-0.3, -0.25) is 33.6 Å². The fraction of sp³-hybridized carbons (Fsp3) is 0.881. The minimum atomic E-state index is -0.781. The Hall–Kier alpha value is -4.75. The average molecular weight is 1980 g/mol. The number of carbonyl (C=O) groups excluding carboxylic acids is 3. The summed E-state index contributed by atoms with van der Waals surface area (Å²) in [6, 6.07) is 0. The molecule has 0 rings (SSSR count). The van der Waals surface area contributed by atoms with E-state index in [9.17, 15) is 33.6 Å². The summed E-state index contributed by atoms with van der Waals surface area (Å²) >= 11 is 0. The maximum Gasteiger partial charge on any atom is 0.306 e. The van der Waals surface area contributed by atoms with Gasteiger partial charge in [0.2, 0.25) is 0 Å². The summed E-state index contributed by atoms with van der Waals surface area (Å²) in [5, 5.41) is 34.0. The Morgan fingerprint density at radius 1 is 0.171 bits per heavy atom. The number of allylic oxidation sites excluding steroid dienone is 8. The molecule has 828 valence electrons. The van der Waals surface area contributed by atoms with Crippen LogP contribution in [0.4, 0.5) is 0 Å². The topological polar surface area (TPSA) is 228 Å². The second-order valence-electron chi connectivity index (χ2n) is 41.4. The Kier molecular flexibility index (Phi) is 138. The van der Waals surface area contributed by atoms with Crippen molar-refractivity contribution in [1.29, 1.82) is 0 Å². The van der Waals surface area contributed by atoms with Crippen LogP contribution < -0.4 is 0 Å². The van der Waals surface area contributed by atoms with Crippen molar-refractivity contribution < 1.29 is 68.2 Å². The van der Waals surface area contributed by atoms with Crippen molar-refractivity contribution in [3.63, 3.8) is 0 Å². The Balaban J connectivity index is -0.000000628. The molecule has 0 fully saturated rings. The second kappa shape index (κ2) is 134. The fourth-order valence-corrected chi connectivity index (χ4v) is 17.8. The largest absolute Gasteiger partial charge is 0.481 e. The molecule has 0 saturated heterocycles. The standard InChI is InChI=1S/C56H100O6.3C18H36O2.C16H32O2/c1-4-7-10-13-16-19-22-25-28-31-34-37-40-43-46-49-55(58)61-52-53(51-60-54(57)48-45-42-39-36-33-30-27-24-21-18-15-12-9-6-3)62-56(59)50-47-44-41-38-35-32-29-26-23-20-17-14-11-8-5-2;3*1-2-3-4-5-6-7-8-9-10-11-12-13-14-15-16-17-18(19)20;1-2-3-4-5-6-7-8-9-10-11-12-13-14-15-16(17)18/h7,10,16,19,25-26,28-29,53H,4-6,8-9,11-15,17-18,20-24,27,30-52H2,1-3H3;3*2-17H2,1H3,(H,19,20);2-15H2,1H3,(H,17,18)/b10-7-,19-16-,28-25-,29-26-;;;;. The molecule has 0 aromatic heterocycles. The van der Waals surface area contributed by atoms with Crippen LogP contribution in [0.1, 0.15) is 697 Å². The van der Waals surface area contributed by atoms with Gasteiger partial charge >= 0.3 is 41.8 Å². The highest BCUT2D eigenvalue weighted by molar-refractivity contribution is 5.71. The smallest absolute Gasteiger partial charge is 0.306 e. The summed E-state index contributed by atoms with van der Waals surface area (Å²) < 4.78 is 16.8. The molecule has 0 heterocycles. The van der Waals surface area contributed by atoms with E-state index in [2.05, 4.69) is 97.1 Å². The molecule has 0 saturated carbocycles. The number of aliphatic carboxylic acids is 4. The van der Waals surface area contributed by atoms with Crippen molar-refractivity contribution in [2.75, 3.05) is 13.2 Å². The molecule has 0 aromatic carbocycles. The maximum absolute atomic E-state index is 12.8. The van der Waals surface area contributed by atoms with Gasteiger partial charge in [0.15, 0.2) is 6.10 Å². The summed E-state index contributed by atoms with van der Waals surface area (Å²) in [4.78, 5) is 79.3. The Morgan fingerprint density at radius 2 is 0.314 bits per heavy atom. The van der Waals surface area contributed by atoms with Crippen LogP contribution >= 0.6 is 0 Å². The van der Waals surface area contributed by atoms with E-state index < -0.39 is 30.0 Å². The molecule has 0 radical (unpaired) electrons. The number of carbonyl (C=O) groups is 7. The van der Waals surface area contributed by atoms with Gasteiger partial charge in [0, 0.05) is 44.9 Å². The molecular formula is C126H240O14. The van der Waals surface area contributed by atoms with E-state index in [1.807, 2.05) is 0 Å². The zero-order valence-corrected chi connectivity index (χ0v) is 94.4. The van der Waals surface area contributed by atoms with Gasteiger partial charge in [-0.05, 0) is 103 Å². The lowest BCUT2D eigenvalue weighted by Gasteiger charge is -2.18. The molecule has 4 N–H and O–H groups in total. The second-order valence-corrected chi connectivity index (χ2v) is 41.4. The van der Waals surface area contributed by atoms with E-state index in [1.54, 1.807) is 0 Å². The Morgan fingerprint density at radius 3 is 0.493 bits per heavy atom. The lowest BCUT2D eigenvalue weighted by atomic mass is 10.0. The zero-order valence-electron chi connectivity index (χ0n) is 94.4. The van der Waals surface area contributed by atoms with Gasteiger partial charge in [-0.1, -0.05) is 598 Å². The van der Waals surface area contributed by atoms with Gasteiger partial charge in [0.25, 0.3) is 0 Å². The maximum atomic E-state index is 12.8. The quantitative estimate of drug-likeness (QED) is 0.0192. The van der Waals surface area contributed by atoms with E-state index in [-0.39, 0.29) is 31.1 Å². The molecule has 140 heavy (non-hydrogen) atoms. The molecule has 1 atom stereocenters. The number of carboxylic acid groups (broad SMARTS) is 4. The zero-order chi connectivity index (χ0) is 103. The van der Waals surface area contributed by atoms with Crippen LogP contribution in [0, 0.1) is 0 Å². The highest BCUT2D eigenvalue weighted by Crippen LogP contribution is 2.23. The van der Waals surface area contributed by atoms with Crippen molar-refractivity contribution in [3.05, 3.63) is 48.6 Å². The predicted molar refractivity (Wildman–Crippen MR) is 605 cm³/mol.